The van der Waals surface area contributed by atoms with Crippen LogP contribution in [0.2, 0.25) is 0 Å². The van der Waals surface area contributed by atoms with E-state index in [1.807, 2.05) is 0 Å². The molecule has 1 heterocycles. The zero-order chi connectivity index (χ0) is 29.0. The van der Waals surface area contributed by atoms with Gasteiger partial charge in [0.05, 0.1) is 24.1 Å². The van der Waals surface area contributed by atoms with E-state index in [-0.39, 0.29) is 35.7 Å². The lowest BCUT2D eigenvalue weighted by Crippen LogP contribution is -2.46. The Bertz CT molecular complexity index is 1540. The number of hydrogen-bond acceptors (Lipinski definition) is 8. The molecule has 1 aliphatic rings. The van der Waals surface area contributed by atoms with Crippen LogP contribution in [0.4, 0.5) is 5.69 Å². The summed E-state index contributed by atoms with van der Waals surface area (Å²) < 4.78 is 33.3. The Morgan fingerprint density at radius 1 is 0.950 bits per heavy atom. The number of carbonyl (C=O) groups excluding carboxylic acids is 4. The second-order valence-electron chi connectivity index (χ2n) is 9.04. The summed E-state index contributed by atoms with van der Waals surface area (Å²) in [6.07, 6.45) is 0.0542. The molecule has 0 aromatic heterocycles. The highest BCUT2D eigenvalue weighted by molar-refractivity contribution is 7.89. The van der Waals surface area contributed by atoms with Crippen molar-refractivity contribution in [2.75, 3.05) is 18.6 Å². The first-order valence-electron chi connectivity index (χ1n) is 12.2. The number of anilines is 1. The molecule has 1 fully saturated rings. The van der Waals surface area contributed by atoms with Gasteiger partial charge in [-0.25, -0.2) is 18.5 Å². The number of imide groups is 1. The van der Waals surface area contributed by atoms with Crippen LogP contribution in [0.5, 0.6) is 11.5 Å². The summed E-state index contributed by atoms with van der Waals surface area (Å²) in [5.74, 6) is -1.21. The van der Waals surface area contributed by atoms with Gasteiger partial charge in [-0.05, 0) is 72.6 Å². The smallest absolute Gasteiger partial charge is 0.308 e. The minimum absolute atomic E-state index is 0.0469. The summed E-state index contributed by atoms with van der Waals surface area (Å²) in [6, 6.07) is 17.1. The van der Waals surface area contributed by atoms with Gasteiger partial charge in [-0.3, -0.25) is 19.2 Å². The maximum absolute atomic E-state index is 13.6. The third-order valence-electron chi connectivity index (χ3n) is 6.35. The van der Waals surface area contributed by atoms with Gasteiger partial charge < -0.3 is 14.4 Å². The molecule has 3 amide bonds. The van der Waals surface area contributed by atoms with E-state index in [4.69, 9.17) is 14.6 Å². The molecule has 1 aliphatic heterocycles. The van der Waals surface area contributed by atoms with Gasteiger partial charge in [0.2, 0.25) is 15.9 Å². The van der Waals surface area contributed by atoms with Crippen molar-refractivity contribution in [2.24, 2.45) is 5.14 Å². The second kappa shape index (κ2) is 11.7. The van der Waals surface area contributed by atoms with Crippen LogP contribution in [-0.4, -0.2) is 56.7 Å². The average molecular weight is 566 g/mol. The molecule has 4 rings (SSSR count). The summed E-state index contributed by atoms with van der Waals surface area (Å²) in [6.45, 7) is 1.33. The van der Waals surface area contributed by atoms with Gasteiger partial charge in [-0.2, -0.15) is 0 Å². The van der Waals surface area contributed by atoms with Gasteiger partial charge in [0, 0.05) is 19.0 Å². The van der Waals surface area contributed by atoms with Gasteiger partial charge in [0.25, 0.3) is 11.8 Å². The van der Waals surface area contributed by atoms with Gasteiger partial charge in [0.1, 0.15) is 17.5 Å². The van der Waals surface area contributed by atoms with Gasteiger partial charge in [-0.15, -0.1) is 0 Å². The largest absolute Gasteiger partial charge is 0.497 e. The van der Waals surface area contributed by atoms with Crippen LogP contribution in [0.25, 0.3) is 0 Å². The number of benzene rings is 3. The minimum atomic E-state index is -3.86. The molecule has 3 aromatic rings. The van der Waals surface area contributed by atoms with Crippen molar-refractivity contribution in [3.05, 3.63) is 83.9 Å². The number of esters is 1. The fourth-order valence-corrected chi connectivity index (χ4v) is 4.87. The predicted octanol–water partition coefficient (Wildman–Crippen LogP) is 2.28. The van der Waals surface area contributed by atoms with Crippen LogP contribution in [0.1, 0.15) is 29.3 Å². The Morgan fingerprint density at radius 3 is 2.10 bits per heavy atom. The van der Waals surface area contributed by atoms with Crippen molar-refractivity contribution in [3.63, 3.8) is 0 Å². The van der Waals surface area contributed by atoms with Crippen molar-refractivity contribution >= 4 is 39.4 Å². The van der Waals surface area contributed by atoms with Crippen molar-refractivity contribution in [1.82, 2.24) is 4.90 Å². The Labute approximate surface area is 231 Å². The molecule has 0 aliphatic carbocycles. The molecule has 0 bridgehead atoms. The van der Waals surface area contributed by atoms with Crippen LogP contribution in [-0.2, 0) is 30.8 Å². The maximum atomic E-state index is 13.6. The van der Waals surface area contributed by atoms with Gasteiger partial charge in [-0.1, -0.05) is 12.1 Å². The number of rotatable bonds is 9. The molecular weight excluding hydrogens is 538 g/mol. The molecule has 1 atom stereocenters. The summed E-state index contributed by atoms with van der Waals surface area (Å²) >= 11 is 0. The first kappa shape index (κ1) is 28.5. The number of nitrogens with zero attached hydrogens (tertiary/aromatic N) is 2. The molecule has 0 spiro atoms. The first-order valence-corrected chi connectivity index (χ1v) is 13.7. The highest BCUT2D eigenvalue weighted by Crippen LogP contribution is 2.29. The average Bonchev–Trinajstić information content (AvgIpc) is 3.22. The lowest BCUT2D eigenvalue weighted by molar-refractivity contribution is -0.132. The Balaban J connectivity index is 1.60. The zero-order valence-corrected chi connectivity index (χ0v) is 22.6. The van der Waals surface area contributed by atoms with E-state index < -0.39 is 39.8 Å². The molecule has 1 unspecified atom stereocenters. The molecular formula is C28H27N3O8S. The van der Waals surface area contributed by atoms with E-state index in [0.29, 0.717) is 16.9 Å². The molecule has 0 radical (unpaired) electrons. The van der Waals surface area contributed by atoms with Crippen LogP contribution in [0.15, 0.2) is 77.7 Å². The van der Waals surface area contributed by atoms with E-state index >= 15 is 0 Å². The quantitative estimate of drug-likeness (QED) is 0.236. The van der Waals surface area contributed by atoms with Crippen molar-refractivity contribution in [1.29, 1.82) is 0 Å². The summed E-state index contributed by atoms with van der Waals surface area (Å²) in [4.78, 5) is 53.7. The number of amides is 3. The summed E-state index contributed by atoms with van der Waals surface area (Å²) in [7, 11) is -2.36. The van der Waals surface area contributed by atoms with Crippen LogP contribution in [0, 0.1) is 0 Å². The van der Waals surface area contributed by atoms with E-state index in [1.165, 1.54) is 55.3 Å². The number of carbonyl (C=O) groups is 4. The Kier molecular flexibility index (Phi) is 8.31. The lowest BCUT2D eigenvalue weighted by Gasteiger charge is -2.28. The number of hydrogen-bond donors (Lipinski definition) is 1. The molecule has 1 saturated heterocycles. The lowest BCUT2D eigenvalue weighted by atomic mass is 10.1. The Hall–Kier alpha value is -4.55. The molecule has 40 heavy (non-hydrogen) atoms. The third-order valence-corrected chi connectivity index (χ3v) is 7.28. The normalized spacial score (nSPS) is 15.2. The summed E-state index contributed by atoms with van der Waals surface area (Å²) in [5.41, 5.74) is 1.29. The minimum Gasteiger partial charge on any atom is -0.497 e. The van der Waals surface area contributed by atoms with Crippen molar-refractivity contribution < 1.29 is 37.1 Å². The molecule has 3 aromatic carbocycles. The SMILES string of the molecule is COc1ccc(C(=O)N(CCc2ccc(S(N)(=O)=O)cc2)C2CC(=O)N(c3ccc(OC(C)=O)cc3)C2=O)cc1. The van der Waals surface area contributed by atoms with Gasteiger partial charge >= 0.3 is 5.97 Å². The number of primary sulfonamides is 1. The molecule has 11 nitrogen and oxygen atoms in total. The van der Waals surface area contributed by atoms with E-state index in [2.05, 4.69) is 0 Å². The second-order valence-corrected chi connectivity index (χ2v) is 10.6. The summed E-state index contributed by atoms with van der Waals surface area (Å²) in [5, 5.41) is 5.17. The van der Waals surface area contributed by atoms with E-state index in [1.54, 1.807) is 36.4 Å². The topological polar surface area (TPSA) is 153 Å². The molecule has 12 heteroatoms. The fourth-order valence-electron chi connectivity index (χ4n) is 4.35. The van der Waals surface area contributed by atoms with Crippen LogP contribution >= 0.6 is 0 Å². The van der Waals surface area contributed by atoms with Crippen molar-refractivity contribution in [2.45, 2.75) is 30.7 Å². The van der Waals surface area contributed by atoms with Crippen molar-refractivity contribution in [3.8, 4) is 11.5 Å². The van der Waals surface area contributed by atoms with Gasteiger partial charge in [0.15, 0.2) is 0 Å². The number of sulfonamides is 1. The van der Waals surface area contributed by atoms with Crippen LogP contribution < -0.4 is 19.5 Å². The van der Waals surface area contributed by atoms with E-state index in [0.717, 1.165) is 4.90 Å². The third kappa shape index (κ3) is 6.35. The number of nitrogens with two attached hydrogens (primary N) is 1. The van der Waals surface area contributed by atoms with Crippen LogP contribution in [0.3, 0.4) is 0 Å². The molecule has 2 N–H and O–H groups in total. The standard InChI is InChI=1S/C28H27N3O8S/c1-18(32)39-23-11-7-21(8-12-23)31-26(33)17-25(28(31)35)30(27(34)20-5-9-22(38-2)10-6-20)16-15-19-3-13-24(14-4-19)40(29,36)37/h3-14,25H,15-17H2,1-2H3,(H2,29,36,37). The predicted molar refractivity (Wildman–Crippen MR) is 144 cm³/mol. The molecule has 0 saturated carbocycles. The van der Waals surface area contributed by atoms with E-state index in [9.17, 15) is 27.6 Å². The molecule has 208 valence electrons. The fraction of sp³-hybridized carbons (Fsp3) is 0.214. The Morgan fingerprint density at radius 2 is 1.55 bits per heavy atom. The highest BCUT2D eigenvalue weighted by Gasteiger charge is 2.44. The highest BCUT2D eigenvalue weighted by atomic mass is 32.2. The number of methoxy groups -OCH3 is 1. The monoisotopic (exact) mass is 565 g/mol. The maximum Gasteiger partial charge on any atom is 0.308 e. The zero-order valence-electron chi connectivity index (χ0n) is 21.8. The first-order chi connectivity index (χ1) is 19.0. The number of ether oxygens (including phenoxy) is 2.